The van der Waals surface area contributed by atoms with Crippen molar-refractivity contribution in [1.82, 2.24) is 19.9 Å². The molecule has 0 bridgehead atoms. The molecule has 17 aromatic carbocycles. The Balaban J connectivity index is 0.0000000949. The number of hydrogen-bond acceptors (Lipinski definition) is 10. The van der Waals surface area contributed by atoms with Crippen LogP contribution in [0, 0.1) is 0 Å². The highest BCUT2D eigenvalue weighted by Crippen LogP contribution is 2.51. The van der Waals surface area contributed by atoms with E-state index in [4.69, 9.17) is 13.3 Å². The first-order valence-corrected chi connectivity index (χ1v) is 55.6. The summed E-state index contributed by atoms with van der Waals surface area (Å²) in [7, 11) is 3.91. The quantitative estimate of drug-likeness (QED) is 0.129. The van der Waals surface area contributed by atoms with Crippen molar-refractivity contribution in [2.24, 2.45) is 0 Å². The van der Waals surface area contributed by atoms with Crippen molar-refractivity contribution in [1.29, 1.82) is 0 Å². The van der Waals surface area contributed by atoms with Crippen LogP contribution in [0.1, 0.15) is 52.6 Å². The number of anilines is 2. The molecule has 0 atom stereocenters. The van der Waals surface area contributed by atoms with Crippen molar-refractivity contribution in [3.8, 4) is 22.3 Å². The Morgan fingerprint density at radius 3 is 1.33 bits per heavy atom. The van der Waals surface area contributed by atoms with Gasteiger partial charge in [-0.1, -0.05) is 379 Å². The molecule has 716 valence electrons. The molecule has 0 radical (unpaired) electrons. The molecule has 32 rings (SSSR count). The lowest BCUT2D eigenvalue weighted by atomic mass is 9.92. The van der Waals surface area contributed by atoms with E-state index in [0.29, 0.717) is 0 Å². The number of aromatic nitrogens is 4. The maximum absolute atomic E-state index is 5.96. The summed E-state index contributed by atoms with van der Waals surface area (Å²) in [5.74, 6) is 0. The zero-order valence-electron chi connectivity index (χ0n) is 81.4. The summed E-state index contributed by atoms with van der Waals surface area (Å²) in [6.45, 7) is 2.56. The highest BCUT2D eigenvalue weighted by Gasteiger charge is 2.25. The largest absolute Gasteiger partial charge is 0.464 e. The highest BCUT2D eigenvalue weighted by atomic mass is 32.2. The maximum atomic E-state index is 5.96. The van der Waals surface area contributed by atoms with Crippen LogP contribution in [0.3, 0.4) is 0 Å². The number of para-hydroxylation sites is 8. The molecule has 4 N–H and O–H groups in total. The van der Waals surface area contributed by atoms with Gasteiger partial charge in [0.2, 0.25) is 0 Å². The van der Waals surface area contributed by atoms with Crippen LogP contribution in [0.2, 0.25) is 0 Å². The van der Waals surface area contributed by atoms with E-state index >= 15 is 0 Å². The molecule has 146 heavy (non-hydrogen) atoms. The van der Waals surface area contributed by atoms with Gasteiger partial charge in [-0.25, -0.2) is 0 Å². The molecule has 15 heteroatoms. The second-order valence-electron chi connectivity index (χ2n) is 36.4. The maximum Gasteiger partial charge on any atom is 0.136 e. The molecular weight excluding hydrogens is 1890 g/mol. The van der Waals surface area contributed by atoms with Gasteiger partial charge in [0.05, 0.1) is 30.5 Å². The van der Waals surface area contributed by atoms with Crippen LogP contribution in [0.4, 0.5) is 11.4 Å². The highest BCUT2D eigenvalue weighted by molar-refractivity contribution is 8.33. The van der Waals surface area contributed by atoms with Crippen molar-refractivity contribution in [3.63, 3.8) is 0 Å². The first kappa shape index (κ1) is 96.6. The van der Waals surface area contributed by atoms with Crippen LogP contribution >= 0.6 is 58.4 Å². The number of allylic oxidation sites excluding steroid dienone is 4. The van der Waals surface area contributed by atoms with Crippen LogP contribution in [0.5, 0.6) is 0 Å². The molecule has 0 spiro atoms. The monoisotopic (exact) mass is 2000 g/mol. The summed E-state index contributed by atoms with van der Waals surface area (Å²) >= 11 is 9.07. The van der Waals surface area contributed by atoms with Crippen LogP contribution in [-0.4, -0.2) is 56.6 Å². The minimum Gasteiger partial charge on any atom is -0.464 e. The Kier molecular flexibility index (Phi) is 31.3. The van der Waals surface area contributed by atoms with E-state index < -0.39 is 0 Å². The number of nitrogens with one attached hydrogen (secondary N) is 4. The zero-order chi connectivity index (χ0) is 98.4. The van der Waals surface area contributed by atoms with Crippen molar-refractivity contribution >= 4 is 220 Å². The normalized spacial score (nSPS) is 13.1. The van der Waals surface area contributed by atoms with Gasteiger partial charge in [-0.15, -0.1) is 11.3 Å². The van der Waals surface area contributed by atoms with Crippen LogP contribution in [0.25, 0.3) is 153 Å². The number of hydrogen-bond donors (Lipinski definition) is 4. The smallest absolute Gasteiger partial charge is 0.136 e. The number of furan rings is 3. The summed E-state index contributed by atoms with van der Waals surface area (Å²) in [4.78, 5) is 18.2. The molecule has 8 aromatic heterocycles. The van der Waals surface area contributed by atoms with E-state index in [1.54, 1.807) is 51.1 Å². The van der Waals surface area contributed by atoms with E-state index in [1.807, 2.05) is 140 Å². The fourth-order valence-corrected chi connectivity index (χ4v) is 26.4. The topological polar surface area (TPSA) is 109 Å². The van der Waals surface area contributed by atoms with E-state index in [2.05, 4.69) is 421 Å². The molecular formula is C131H110N6O3S5Si. The number of nitrogens with zero attached hydrogens (tertiary/aromatic N) is 2. The lowest BCUT2D eigenvalue weighted by Crippen LogP contribution is -2.34. The Morgan fingerprint density at radius 2 is 0.788 bits per heavy atom. The van der Waals surface area contributed by atoms with Gasteiger partial charge in [0, 0.05) is 142 Å². The summed E-state index contributed by atoms with van der Waals surface area (Å²) in [5, 5.41) is 28.7. The Morgan fingerprint density at radius 1 is 0.329 bits per heavy atom. The average Bonchev–Trinajstić information content (AvgIpc) is 1.59. The zero-order valence-corrected chi connectivity index (χ0v) is 86.9. The number of thiophene rings is 1. The number of aryl methyl sites for hydroxylation is 2. The number of aromatic amines is 4. The Labute approximate surface area is 874 Å². The molecule has 13 heterocycles. The summed E-state index contributed by atoms with van der Waals surface area (Å²) in [6.07, 6.45) is 22.2. The van der Waals surface area contributed by atoms with Gasteiger partial charge in [-0.2, -0.15) is 0 Å². The van der Waals surface area contributed by atoms with Gasteiger partial charge in [-0.3, -0.25) is 0 Å². The lowest BCUT2D eigenvalue weighted by molar-refractivity contribution is 0.612. The number of benzene rings is 17. The number of H-pyrrole nitrogens is 4. The predicted molar refractivity (Wildman–Crippen MR) is 639 cm³/mol. The van der Waals surface area contributed by atoms with E-state index in [-0.39, 0.29) is 9.52 Å². The molecule has 0 saturated heterocycles. The molecule has 25 aromatic rings. The van der Waals surface area contributed by atoms with Gasteiger partial charge < -0.3 is 43.0 Å². The van der Waals surface area contributed by atoms with Crippen molar-refractivity contribution in [2.75, 3.05) is 37.0 Å². The number of thioether (sulfide) groups is 4. The van der Waals surface area contributed by atoms with Crippen molar-refractivity contribution in [3.05, 3.63) is 524 Å². The summed E-state index contributed by atoms with van der Waals surface area (Å²) in [5.41, 5.74) is 29.5. The number of rotatable bonds is 3. The first-order valence-electron chi connectivity index (χ1n) is 49.8. The van der Waals surface area contributed by atoms with E-state index in [0.717, 1.165) is 57.9 Å². The van der Waals surface area contributed by atoms with Crippen LogP contribution in [0.15, 0.2) is 504 Å². The first-order chi connectivity index (χ1) is 72.2. The third-order valence-electron chi connectivity index (χ3n) is 26.7. The van der Waals surface area contributed by atoms with Crippen molar-refractivity contribution in [2.45, 2.75) is 44.9 Å². The molecule has 5 aliphatic heterocycles. The van der Waals surface area contributed by atoms with Gasteiger partial charge >= 0.3 is 0 Å². The van der Waals surface area contributed by atoms with Gasteiger partial charge in [0.25, 0.3) is 0 Å². The van der Waals surface area contributed by atoms with Gasteiger partial charge in [0.1, 0.15) is 22.3 Å². The summed E-state index contributed by atoms with van der Waals surface area (Å²) in [6, 6.07) is 144. The Hall–Kier alpha value is -15.6. The lowest BCUT2D eigenvalue weighted by Gasteiger charge is -2.36. The minimum atomic E-state index is -0.160. The van der Waals surface area contributed by atoms with Gasteiger partial charge in [-0.05, 0) is 254 Å². The van der Waals surface area contributed by atoms with E-state index in [1.165, 1.54) is 189 Å². The molecule has 0 fully saturated rings. The third-order valence-corrected chi connectivity index (χ3v) is 34.3. The standard InChI is InChI=1S/C19H13N.C18H11NO.C13H12.C12H15N.C12H9N.C12H10Si.C10H6O2.C8H7N.C8H11N.C8H6S.C6H4S4.C5H6/c1-2-6-14-12(5-1)9-13-10-17-15-7-3-4-8-18(15)20-19(17)11-16(13)14;1-3-7-15-11(5-1)13-10-18-14(9-16(13)19-15)12-6-2-4-8-17(12)20-18;1-3-7-12(8-4-1)11-13-9-5-2-6-10-13;1-4-10-6-2-8-13-9-3-7-11(5-1)12(10)13;2*1-3-7-11-9(5-1)10-6-2-4-8-12(10)13-11;1-3-11-9-6-8-2-4-12-10(8)5-7(1)9;1-2-4-8-7(3-1)5-6-9-8;1-9(2)8-6-4-3-5-7-8;1-2-4-8-7(3-1)5-6-9-8;1-2-8-5(7-1)6-9-3-4-10-6;1-2-4-5-3-1/h1-8,10-11,20H,9H2;1-10,19H;1-10H,11H2;1,4-5H,2-3,6-9H2;1-8,13H;1-8H,13H2;1-6H;1-6,9H;3-7H,1-2H3;1-6H;1-4H;1-4H,5H2. The Bertz CT molecular complexity index is 8400. The fraction of sp³-hybridized carbons (Fsp3) is 0.0840. The fourth-order valence-electron chi connectivity index (χ4n) is 19.6. The second kappa shape index (κ2) is 47.3. The van der Waals surface area contributed by atoms with Gasteiger partial charge in [0.15, 0.2) is 0 Å². The SMILES string of the molecule is C1=CCC=C1.C1=CSC(=C2SC=CS2)S1.CN(C)c1ccccc1.c1cc2c3c(c1)CCCN3CCC2.c1cc2cc3occc3cc2o1.c1ccc(Cc2ccccc2)cc1.c1ccc2[nH]ccc2c1.c1ccc2c(c1)Cc1cc3c(cc1-2)[nH]c1ccccc13.c1ccc2c(c1)[SiH2]c1ccccc1-2.c1ccc2c(c1)[nH]c1cc3c(cc12)oc1ccccc13.c1ccc2c(c1)[nH]c1ccccc12.c1ccc2sccc2c1. The van der Waals surface area contributed by atoms with E-state index in [9.17, 15) is 0 Å². The van der Waals surface area contributed by atoms with Crippen LogP contribution < -0.4 is 20.2 Å². The molecule has 0 amide bonds. The third kappa shape index (κ3) is 23.3. The molecule has 2 aliphatic carbocycles. The van der Waals surface area contributed by atoms with Crippen LogP contribution in [-0.2, 0) is 25.7 Å². The van der Waals surface area contributed by atoms with Crippen molar-refractivity contribution < 1.29 is 13.3 Å². The molecule has 0 unspecified atom stereocenters. The minimum absolute atomic E-state index is 0.160. The molecule has 0 saturated carbocycles. The summed E-state index contributed by atoms with van der Waals surface area (Å²) < 4.78 is 20.7. The molecule has 7 aliphatic rings. The number of fused-ring (bicyclic) bond motifs is 22. The predicted octanol–water partition coefficient (Wildman–Crippen LogP) is 35.4. The molecule has 9 nitrogen and oxygen atoms in total. The second-order valence-corrected chi connectivity index (χ2v) is 43.4. The average molecular weight is 2000 g/mol.